The predicted octanol–water partition coefficient (Wildman–Crippen LogP) is 3.73. The maximum Gasteiger partial charge on any atom is 0.183 e. The number of halogens is 2. The van der Waals surface area contributed by atoms with Crippen molar-refractivity contribution in [2.45, 2.75) is 0 Å². The van der Waals surface area contributed by atoms with Gasteiger partial charge in [-0.2, -0.15) is 5.26 Å². The molecular formula is C16H8Cl2N8. The van der Waals surface area contributed by atoms with Crippen LogP contribution < -0.4 is 5.32 Å². The molecule has 0 aliphatic rings. The first-order chi connectivity index (χ1) is 12.7. The molecule has 0 fully saturated rings. The average Bonchev–Trinajstić information content (AvgIpc) is 3.06. The average molecular weight is 383 g/mol. The lowest BCUT2D eigenvalue weighted by atomic mass is 10.1. The van der Waals surface area contributed by atoms with E-state index in [-0.39, 0.29) is 0 Å². The van der Waals surface area contributed by atoms with Gasteiger partial charge < -0.3 is 10.3 Å². The van der Waals surface area contributed by atoms with E-state index in [2.05, 4.69) is 35.2 Å². The molecule has 0 saturated carbocycles. The molecule has 4 aromatic rings. The lowest BCUT2D eigenvalue weighted by Crippen LogP contribution is -1.97. The highest BCUT2D eigenvalue weighted by atomic mass is 35.5. The second-order valence-corrected chi connectivity index (χ2v) is 5.97. The minimum atomic E-state index is 0.311. The zero-order valence-corrected chi connectivity index (χ0v) is 14.4. The second kappa shape index (κ2) is 6.55. The first-order valence-corrected chi connectivity index (χ1v) is 8.04. The van der Waals surface area contributed by atoms with Crippen LogP contribution in [-0.2, 0) is 0 Å². The molecule has 10 heteroatoms. The molecule has 2 N–H and O–H groups in total. The zero-order valence-electron chi connectivity index (χ0n) is 12.9. The summed E-state index contributed by atoms with van der Waals surface area (Å²) < 4.78 is 0. The summed E-state index contributed by atoms with van der Waals surface area (Å²) in [5.41, 5.74) is 1.85. The van der Waals surface area contributed by atoms with Crippen molar-refractivity contribution in [3.05, 3.63) is 52.7 Å². The van der Waals surface area contributed by atoms with Gasteiger partial charge in [0.05, 0.1) is 27.2 Å². The highest BCUT2D eigenvalue weighted by molar-refractivity contribution is 6.39. The molecule has 0 unspecified atom stereocenters. The van der Waals surface area contributed by atoms with Crippen LogP contribution in [-0.4, -0.2) is 29.9 Å². The lowest BCUT2D eigenvalue weighted by Gasteiger charge is -2.05. The van der Waals surface area contributed by atoms with Crippen LogP contribution >= 0.6 is 23.2 Å². The number of hydrogen-bond acceptors (Lipinski definition) is 7. The molecule has 0 aliphatic heterocycles. The summed E-state index contributed by atoms with van der Waals surface area (Å²) in [6.07, 6.45) is 4.43. The van der Waals surface area contributed by atoms with Gasteiger partial charge in [0.1, 0.15) is 29.8 Å². The van der Waals surface area contributed by atoms with E-state index >= 15 is 0 Å². The molecule has 0 saturated heterocycles. The molecule has 26 heavy (non-hydrogen) atoms. The molecule has 4 rings (SSSR count). The van der Waals surface area contributed by atoms with Gasteiger partial charge in [-0.1, -0.05) is 23.2 Å². The number of hydrogen-bond donors (Lipinski definition) is 2. The highest BCUT2D eigenvalue weighted by Gasteiger charge is 2.17. The molecule has 0 aliphatic carbocycles. The monoisotopic (exact) mass is 382 g/mol. The summed E-state index contributed by atoms with van der Waals surface area (Å²) in [7, 11) is 0. The summed E-state index contributed by atoms with van der Waals surface area (Å²) in [4.78, 5) is 23.9. The van der Waals surface area contributed by atoms with Crippen molar-refractivity contribution < 1.29 is 0 Å². The smallest absolute Gasteiger partial charge is 0.183 e. The van der Waals surface area contributed by atoms with Crippen LogP contribution in [0.15, 0.2) is 37.1 Å². The second-order valence-electron chi connectivity index (χ2n) is 5.15. The number of fused-ring (bicyclic) bond motifs is 1. The summed E-state index contributed by atoms with van der Waals surface area (Å²) in [6, 6.07) is 6.77. The third-order valence-corrected chi connectivity index (χ3v) is 4.12. The van der Waals surface area contributed by atoms with Gasteiger partial charge in [-0.3, -0.25) is 0 Å². The normalized spacial score (nSPS) is 10.7. The van der Waals surface area contributed by atoms with E-state index in [0.29, 0.717) is 49.8 Å². The molecule has 0 atom stereocenters. The Bertz CT molecular complexity index is 1130. The zero-order chi connectivity index (χ0) is 18.1. The molecule has 0 bridgehead atoms. The number of nitrogens with zero attached hydrogens (tertiary/aromatic N) is 6. The fraction of sp³-hybridized carbons (Fsp3) is 0. The first-order valence-electron chi connectivity index (χ1n) is 7.29. The van der Waals surface area contributed by atoms with Crippen LogP contribution in [0.25, 0.3) is 22.6 Å². The largest absolute Gasteiger partial charge is 0.333 e. The molecule has 1 aromatic carbocycles. The van der Waals surface area contributed by atoms with E-state index in [1.54, 1.807) is 12.3 Å². The molecular weight excluding hydrogens is 375 g/mol. The summed E-state index contributed by atoms with van der Waals surface area (Å²) in [5.74, 6) is 1.49. The molecule has 0 radical (unpaired) electrons. The maximum absolute atomic E-state index is 9.01. The number of nitriles is 1. The van der Waals surface area contributed by atoms with Crippen LogP contribution in [0, 0.1) is 11.3 Å². The predicted molar refractivity (Wildman–Crippen MR) is 97.2 cm³/mol. The third-order valence-electron chi connectivity index (χ3n) is 3.52. The van der Waals surface area contributed by atoms with E-state index in [9.17, 15) is 0 Å². The first kappa shape index (κ1) is 16.2. The summed E-state index contributed by atoms with van der Waals surface area (Å²) in [5, 5.41) is 12.7. The van der Waals surface area contributed by atoms with Crippen LogP contribution in [0.4, 0.5) is 11.6 Å². The summed E-state index contributed by atoms with van der Waals surface area (Å²) in [6.45, 7) is 0. The SMILES string of the molecule is N#Cc1cc(Cl)c(-c2nc3ncnc(Nc4ccncn4)c3[nH]2)c(Cl)c1. The summed E-state index contributed by atoms with van der Waals surface area (Å²) >= 11 is 12.6. The van der Waals surface area contributed by atoms with Crippen molar-refractivity contribution in [1.29, 1.82) is 5.26 Å². The Morgan fingerprint density at radius 2 is 1.88 bits per heavy atom. The number of aromatic nitrogens is 6. The van der Waals surface area contributed by atoms with Gasteiger partial charge in [0.15, 0.2) is 11.5 Å². The quantitative estimate of drug-likeness (QED) is 0.554. The molecule has 0 spiro atoms. The van der Waals surface area contributed by atoms with Crippen molar-refractivity contribution in [3.63, 3.8) is 0 Å². The Morgan fingerprint density at radius 3 is 2.58 bits per heavy atom. The molecule has 3 heterocycles. The minimum absolute atomic E-state index is 0.311. The van der Waals surface area contributed by atoms with Crippen molar-refractivity contribution in [3.8, 4) is 17.5 Å². The third kappa shape index (κ3) is 2.90. The van der Waals surface area contributed by atoms with Crippen LogP contribution in [0.5, 0.6) is 0 Å². The van der Waals surface area contributed by atoms with Gasteiger partial charge in [0, 0.05) is 6.20 Å². The van der Waals surface area contributed by atoms with Gasteiger partial charge in [0.2, 0.25) is 0 Å². The maximum atomic E-state index is 9.01. The molecule has 126 valence electrons. The van der Waals surface area contributed by atoms with Gasteiger partial charge in [-0.15, -0.1) is 0 Å². The van der Waals surface area contributed by atoms with Gasteiger partial charge in [-0.25, -0.2) is 24.9 Å². The molecule has 3 aromatic heterocycles. The van der Waals surface area contributed by atoms with Crippen LogP contribution in [0.1, 0.15) is 5.56 Å². The number of aromatic amines is 1. The number of anilines is 2. The Labute approximate surface area is 156 Å². The minimum Gasteiger partial charge on any atom is -0.333 e. The van der Waals surface area contributed by atoms with Gasteiger partial charge in [0.25, 0.3) is 0 Å². The van der Waals surface area contributed by atoms with Crippen molar-refractivity contribution >= 4 is 46.0 Å². The number of H-pyrrole nitrogens is 1. The van der Waals surface area contributed by atoms with Crippen LogP contribution in [0.2, 0.25) is 10.0 Å². The molecule has 8 nitrogen and oxygen atoms in total. The Balaban J connectivity index is 1.82. The van der Waals surface area contributed by atoms with Gasteiger partial charge >= 0.3 is 0 Å². The van der Waals surface area contributed by atoms with E-state index in [1.165, 1.54) is 24.8 Å². The van der Waals surface area contributed by atoms with E-state index in [1.807, 2.05) is 6.07 Å². The van der Waals surface area contributed by atoms with E-state index in [4.69, 9.17) is 28.5 Å². The number of benzene rings is 1. The van der Waals surface area contributed by atoms with Crippen molar-refractivity contribution in [1.82, 2.24) is 29.9 Å². The fourth-order valence-electron chi connectivity index (χ4n) is 2.39. The van der Waals surface area contributed by atoms with E-state index < -0.39 is 0 Å². The Hall–Kier alpha value is -3.28. The number of rotatable bonds is 3. The number of imidazole rings is 1. The van der Waals surface area contributed by atoms with Crippen LogP contribution in [0.3, 0.4) is 0 Å². The number of nitrogens with one attached hydrogen (secondary N) is 2. The fourth-order valence-corrected chi connectivity index (χ4v) is 3.06. The Morgan fingerprint density at radius 1 is 1.08 bits per heavy atom. The molecule has 0 amide bonds. The van der Waals surface area contributed by atoms with E-state index in [0.717, 1.165) is 0 Å². The highest BCUT2D eigenvalue weighted by Crippen LogP contribution is 2.35. The lowest BCUT2D eigenvalue weighted by molar-refractivity contribution is 1.15. The van der Waals surface area contributed by atoms with Gasteiger partial charge in [-0.05, 0) is 18.2 Å². The van der Waals surface area contributed by atoms with Crippen molar-refractivity contribution in [2.75, 3.05) is 5.32 Å². The Kier molecular flexibility index (Phi) is 4.08. The topological polar surface area (TPSA) is 116 Å². The van der Waals surface area contributed by atoms with Crippen molar-refractivity contribution in [2.24, 2.45) is 0 Å². The standard InChI is InChI=1S/C16H8Cl2N8/c17-9-3-8(5-19)4-10(18)12(9)14-25-13-15(22-7-23-16(13)26-14)24-11-1-2-20-6-21-11/h1-4,6-7H,(H2,20,21,22,23,24,25,26).